The lowest BCUT2D eigenvalue weighted by Gasteiger charge is -2.07. The van der Waals surface area contributed by atoms with Crippen LogP contribution in [-0.4, -0.2) is 27.9 Å². The van der Waals surface area contributed by atoms with E-state index in [1.807, 2.05) is 0 Å². The van der Waals surface area contributed by atoms with Crippen molar-refractivity contribution in [2.45, 2.75) is 6.54 Å². The van der Waals surface area contributed by atoms with Gasteiger partial charge in [0, 0.05) is 19.4 Å². The predicted molar refractivity (Wildman–Crippen MR) is 66.9 cm³/mol. The van der Waals surface area contributed by atoms with Crippen LogP contribution in [0.25, 0.3) is 0 Å². The molecule has 2 aromatic rings. The first kappa shape index (κ1) is 12.9. The summed E-state index contributed by atoms with van der Waals surface area (Å²) in [5.41, 5.74) is 0.583. The molecule has 1 amide bonds. The number of aromatic nitrogens is 3. The molecule has 0 unspecified atom stereocenters. The zero-order valence-corrected chi connectivity index (χ0v) is 10.2. The monoisotopic (exact) mass is 261 g/mol. The summed E-state index contributed by atoms with van der Waals surface area (Å²) in [6.07, 6.45) is 4.32. The van der Waals surface area contributed by atoms with Crippen molar-refractivity contribution in [3.8, 4) is 0 Å². The Kier molecular flexibility index (Phi) is 3.97. The summed E-state index contributed by atoms with van der Waals surface area (Å²) < 4.78 is 13.8. The number of carbonyl (C=O) groups excluding carboxylic acids is 1. The van der Waals surface area contributed by atoms with Gasteiger partial charge in [0.1, 0.15) is 6.33 Å². The Labute approximate surface area is 109 Å². The molecular formula is C12H12FN5O. The predicted octanol–water partition coefficient (Wildman–Crippen LogP) is 0.982. The quantitative estimate of drug-likeness (QED) is 0.857. The molecule has 0 aliphatic heterocycles. The number of nitrogens with one attached hydrogen (secondary N) is 2. The van der Waals surface area contributed by atoms with Gasteiger partial charge in [0.25, 0.3) is 5.91 Å². The molecule has 0 aromatic carbocycles. The third kappa shape index (κ3) is 3.01. The van der Waals surface area contributed by atoms with E-state index in [0.717, 1.165) is 0 Å². The van der Waals surface area contributed by atoms with Gasteiger partial charge in [-0.1, -0.05) is 0 Å². The minimum Gasteiger partial charge on any atom is -0.371 e. The van der Waals surface area contributed by atoms with Crippen LogP contribution in [0.15, 0.2) is 30.9 Å². The van der Waals surface area contributed by atoms with E-state index >= 15 is 0 Å². The highest BCUT2D eigenvalue weighted by molar-refractivity contribution is 5.95. The molecule has 0 aliphatic rings. The second kappa shape index (κ2) is 5.85. The van der Waals surface area contributed by atoms with Crippen LogP contribution in [-0.2, 0) is 6.54 Å². The fourth-order valence-electron chi connectivity index (χ4n) is 1.48. The first-order chi connectivity index (χ1) is 9.22. The molecule has 0 atom stereocenters. The van der Waals surface area contributed by atoms with Gasteiger partial charge in [0.15, 0.2) is 11.6 Å². The molecule has 7 heteroatoms. The third-order valence-corrected chi connectivity index (χ3v) is 2.44. The molecule has 2 N–H and O–H groups in total. The van der Waals surface area contributed by atoms with Gasteiger partial charge in [-0.3, -0.25) is 4.79 Å². The van der Waals surface area contributed by atoms with E-state index in [1.54, 1.807) is 12.3 Å². The summed E-state index contributed by atoms with van der Waals surface area (Å²) in [6, 6.07) is 2.99. The highest BCUT2D eigenvalue weighted by Crippen LogP contribution is 2.14. The van der Waals surface area contributed by atoms with Gasteiger partial charge in [0.05, 0.1) is 17.8 Å². The Morgan fingerprint density at radius 1 is 1.32 bits per heavy atom. The molecule has 19 heavy (non-hydrogen) atoms. The Hall–Kier alpha value is -2.57. The van der Waals surface area contributed by atoms with E-state index in [1.165, 1.54) is 25.6 Å². The molecular weight excluding hydrogens is 249 g/mol. The summed E-state index contributed by atoms with van der Waals surface area (Å²) in [6.45, 7) is 0.206. The Balaban J connectivity index is 2.08. The zero-order valence-electron chi connectivity index (χ0n) is 10.2. The second-order valence-corrected chi connectivity index (χ2v) is 3.65. The molecule has 0 fully saturated rings. The van der Waals surface area contributed by atoms with Crippen molar-refractivity contribution in [3.63, 3.8) is 0 Å². The van der Waals surface area contributed by atoms with Gasteiger partial charge >= 0.3 is 0 Å². The van der Waals surface area contributed by atoms with Gasteiger partial charge in [-0.25, -0.2) is 19.3 Å². The van der Waals surface area contributed by atoms with Crippen LogP contribution in [0.4, 0.5) is 10.2 Å². The topological polar surface area (TPSA) is 79.8 Å². The number of rotatable bonds is 4. The van der Waals surface area contributed by atoms with Gasteiger partial charge in [0.2, 0.25) is 0 Å². The van der Waals surface area contributed by atoms with Crippen molar-refractivity contribution >= 4 is 11.7 Å². The largest absolute Gasteiger partial charge is 0.371 e. The Bertz CT molecular complexity index is 576. The summed E-state index contributed by atoms with van der Waals surface area (Å²) in [5.74, 6) is -1.16. The van der Waals surface area contributed by atoms with Crippen molar-refractivity contribution in [3.05, 3.63) is 47.9 Å². The minimum absolute atomic E-state index is 0.0367. The number of hydrogen-bond acceptors (Lipinski definition) is 5. The van der Waals surface area contributed by atoms with Crippen LogP contribution in [0.3, 0.4) is 0 Å². The van der Waals surface area contributed by atoms with Gasteiger partial charge in [-0.05, 0) is 12.1 Å². The Morgan fingerprint density at radius 2 is 2.16 bits per heavy atom. The number of amides is 1. The number of anilines is 1. The maximum Gasteiger partial charge on any atom is 0.254 e. The normalized spacial score (nSPS) is 10.0. The van der Waals surface area contributed by atoms with Crippen molar-refractivity contribution in [2.75, 3.05) is 12.4 Å². The van der Waals surface area contributed by atoms with Gasteiger partial charge in [-0.15, -0.1) is 0 Å². The molecule has 6 nitrogen and oxygen atoms in total. The number of halogens is 1. The number of pyridine rings is 1. The molecule has 2 aromatic heterocycles. The maximum atomic E-state index is 13.8. The molecule has 0 bridgehead atoms. The highest BCUT2D eigenvalue weighted by atomic mass is 19.1. The summed E-state index contributed by atoms with van der Waals surface area (Å²) in [4.78, 5) is 23.4. The minimum atomic E-state index is -0.676. The van der Waals surface area contributed by atoms with Crippen LogP contribution in [0.1, 0.15) is 16.1 Å². The van der Waals surface area contributed by atoms with Gasteiger partial charge < -0.3 is 10.6 Å². The Morgan fingerprint density at radius 3 is 2.84 bits per heavy atom. The average Bonchev–Trinajstić information content (AvgIpc) is 2.46. The molecule has 0 radical (unpaired) electrons. The molecule has 0 aliphatic carbocycles. The number of nitrogens with zero attached hydrogens (tertiary/aromatic N) is 3. The second-order valence-electron chi connectivity index (χ2n) is 3.65. The van der Waals surface area contributed by atoms with Crippen LogP contribution in [0.2, 0.25) is 0 Å². The standard InChI is InChI=1S/C12H12FN5O/c1-14-11-10(13)9(3-5-16-11)12(19)17-6-8-2-4-15-7-18-8/h2-5,7H,6H2,1H3,(H,14,16)(H,17,19). The summed E-state index contributed by atoms with van der Waals surface area (Å²) in [7, 11) is 1.54. The van der Waals surface area contributed by atoms with Crippen LogP contribution in [0.5, 0.6) is 0 Å². The lowest BCUT2D eigenvalue weighted by molar-refractivity contribution is 0.0946. The van der Waals surface area contributed by atoms with Crippen LogP contribution >= 0.6 is 0 Å². The first-order valence-corrected chi connectivity index (χ1v) is 5.57. The van der Waals surface area contributed by atoms with Gasteiger partial charge in [-0.2, -0.15) is 0 Å². The lowest BCUT2D eigenvalue weighted by Crippen LogP contribution is -2.24. The smallest absolute Gasteiger partial charge is 0.254 e. The van der Waals surface area contributed by atoms with Crippen LogP contribution in [0, 0.1) is 5.82 Å². The molecule has 98 valence electrons. The highest BCUT2D eigenvalue weighted by Gasteiger charge is 2.15. The maximum absolute atomic E-state index is 13.8. The van der Waals surface area contributed by atoms with E-state index < -0.39 is 11.7 Å². The first-order valence-electron chi connectivity index (χ1n) is 5.57. The van der Waals surface area contributed by atoms with Crippen molar-refractivity contribution in [1.82, 2.24) is 20.3 Å². The summed E-state index contributed by atoms with van der Waals surface area (Å²) >= 11 is 0. The zero-order chi connectivity index (χ0) is 13.7. The van der Waals surface area contributed by atoms with Crippen molar-refractivity contribution in [2.24, 2.45) is 0 Å². The fourth-order valence-corrected chi connectivity index (χ4v) is 1.48. The number of hydrogen-bond donors (Lipinski definition) is 2. The lowest BCUT2D eigenvalue weighted by atomic mass is 10.2. The van der Waals surface area contributed by atoms with Crippen LogP contribution < -0.4 is 10.6 Å². The molecule has 0 spiro atoms. The van der Waals surface area contributed by atoms with E-state index in [2.05, 4.69) is 25.6 Å². The fraction of sp³-hybridized carbons (Fsp3) is 0.167. The van der Waals surface area contributed by atoms with Crippen molar-refractivity contribution < 1.29 is 9.18 Å². The molecule has 2 rings (SSSR count). The third-order valence-electron chi connectivity index (χ3n) is 2.44. The molecule has 0 saturated heterocycles. The SMILES string of the molecule is CNc1nccc(C(=O)NCc2ccncn2)c1F. The molecule has 2 heterocycles. The van der Waals surface area contributed by atoms with E-state index in [-0.39, 0.29) is 17.9 Å². The average molecular weight is 261 g/mol. The van der Waals surface area contributed by atoms with Crippen molar-refractivity contribution in [1.29, 1.82) is 0 Å². The van der Waals surface area contributed by atoms with E-state index in [0.29, 0.717) is 5.69 Å². The number of carbonyl (C=O) groups is 1. The molecule has 0 saturated carbocycles. The van der Waals surface area contributed by atoms with E-state index in [4.69, 9.17) is 0 Å². The summed E-state index contributed by atoms with van der Waals surface area (Å²) in [5, 5.41) is 5.16. The van der Waals surface area contributed by atoms with E-state index in [9.17, 15) is 9.18 Å².